The Labute approximate surface area is 128 Å². The molecule has 2 aromatic carbocycles. The first kappa shape index (κ1) is 16.2. The molecule has 0 unspecified atom stereocenters. The van der Waals surface area contributed by atoms with Crippen molar-refractivity contribution in [2.45, 2.75) is 19.3 Å². The van der Waals surface area contributed by atoms with Crippen molar-refractivity contribution in [3.63, 3.8) is 0 Å². The van der Waals surface area contributed by atoms with E-state index < -0.39 is 13.4 Å². The fraction of sp³-hybridized carbons (Fsp3) is 0.200. The number of benzene rings is 2. The van der Waals surface area contributed by atoms with Gasteiger partial charge in [-0.2, -0.15) is 0 Å². The van der Waals surface area contributed by atoms with E-state index >= 15 is 0 Å². The second-order valence-electron chi connectivity index (χ2n) is 4.85. The molecule has 6 heteroatoms. The summed E-state index contributed by atoms with van der Waals surface area (Å²) in [7, 11) is -4.34. The molecule has 0 bridgehead atoms. The van der Waals surface area contributed by atoms with Gasteiger partial charge in [-0.25, -0.2) is 0 Å². The van der Waals surface area contributed by atoms with Gasteiger partial charge in [0.25, 0.3) is 0 Å². The van der Waals surface area contributed by atoms with Crippen molar-refractivity contribution in [1.29, 1.82) is 0 Å². The van der Waals surface area contributed by atoms with Crippen LogP contribution in [0.25, 0.3) is 0 Å². The highest BCUT2D eigenvalue weighted by Gasteiger charge is 2.30. The summed E-state index contributed by atoms with van der Waals surface area (Å²) >= 11 is 5.90. The van der Waals surface area contributed by atoms with Crippen molar-refractivity contribution in [3.05, 3.63) is 70.2 Å². The fourth-order valence-corrected chi connectivity index (χ4v) is 3.20. The summed E-state index contributed by atoms with van der Waals surface area (Å²) < 4.78 is 11.7. The van der Waals surface area contributed by atoms with Crippen LogP contribution in [-0.2, 0) is 11.1 Å². The number of hydrogen-bond donors (Lipinski definition) is 3. The van der Waals surface area contributed by atoms with E-state index in [-0.39, 0.29) is 0 Å². The predicted molar refractivity (Wildman–Crippen MR) is 84.3 cm³/mol. The second-order valence-corrected chi connectivity index (χ2v) is 6.99. The van der Waals surface area contributed by atoms with Gasteiger partial charge in [-0.05, 0) is 35.7 Å². The largest absolute Gasteiger partial charge is 0.346 e. The van der Waals surface area contributed by atoms with Crippen LogP contribution >= 0.6 is 19.2 Å². The van der Waals surface area contributed by atoms with Gasteiger partial charge in [0.2, 0.25) is 0 Å². The van der Waals surface area contributed by atoms with Crippen LogP contribution in [0.2, 0.25) is 5.02 Å². The standard InChI is InChI=1S/C15H17ClNO3P/c1-11-5-2-3-6-13(11)10-17-15(21(18,19)20)12-7-4-8-14(16)9-12/h2-9,15,17H,10H2,1H3,(H2,18,19,20)/t15-/m1/s1. The first-order valence-electron chi connectivity index (χ1n) is 6.46. The topological polar surface area (TPSA) is 69.6 Å². The molecular formula is C15H17ClNO3P. The second kappa shape index (κ2) is 6.73. The molecule has 4 nitrogen and oxygen atoms in total. The van der Waals surface area contributed by atoms with E-state index in [1.807, 2.05) is 31.2 Å². The number of halogens is 1. The Bertz CT molecular complexity index is 671. The van der Waals surface area contributed by atoms with Crippen molar-refractivity contribution in [3.8, 4) is 0 Å². The minimum Gasteiger partial charge on any atom is -0.323 e. The van der Waals surface area contributed by atoms with Crippen molar-refractivity contribution in [1.82, 2.24) is 5.32 Å². The summed E-state index contributed by atoms with van der Waals surface area (Å²) in [6.45, 7) is 2.33. The van der Waals surface area contributed by atoms with Gasteiger partial charge < -0.3 is 9.79 Å². The minimum atomic E-state index is -4.34. The number of aryl methyl sites for hydroxylation is 1. The maximum atomic E-state index is 11.7. The normalized spacial score (nSPS) is 13.1. The number of nitrogens with one attached hydrogen (secondary N) is 1. The monoisotopic (exact) mass is 325 g/mol. The molecule has 2 rings (SSSR count). The first-order chi connectivity index (χ1) is 9.88. The molecule has 0 amide bonds. The van der Waals surface area contributed by atoms with Crippen molar-refractivity contribution in [2.24, 2.45) is 0 Å². The van der Waals surface area contributed by atoms with Crippen molar-refractivity contribution >= 4 is 19.2 Å². The summed E-state index contributed by atoms with van der Waals surface area (Å²) in [6.07, 6.45) is 0. The van der Waals surface area contributed by atoms with Gasteiger partial charge >= 0.3 is 7.60 Å². The molecule has 112 valence electrons. The van der Waals surface area contributed by atoms with Crippen LogP contribution in [0.1, 0.15) is 22.5 Å². The zero-order valence-electron chi connectivity index (χ0n) is 11.5. The highest BCUT2D eigenvalue weighted by atomic mass is 35.5. The van der Waals surface area contributed by atoms with Crippen LogP contribution < -0.4 is 5.32 Å². The van der Waals surface area contributed by atoms with Gasteiger partial charge in [0.1, 0.15) is 5.78 Å². The maximum Gasteiger partial charge on any atom is 0.346 e. The molecule has 0 saturated heterocycles. The third-order valence-electron chi connectivity index (χ3n) is 3.25. The van der Waals surface area contributed by atoms with Crippen LogP contribution in [0.15, 0.2) is 48.5 Å². The lowest BCUT2D eigenvalue weighted by Gasteiger charge is -2.21. The van der Waals surface area contributed by atoms with E-state index in [1.165, 1.54) is 0 Å². The van der Waals surface area contributed by atoms with Gasteiger partial charge in [-0.15, -0.1) is 0 Å². The Hall–Kier alpha value is -1.16. The number of rotatable bonds is 5. The summed E-state index contributed by atoms with van der Waals surface area (Å²) in [6, 6.07) is 14.3. The van der Waals surface area contributed by atoms with E-state index in [0.29, 0.717) is 17.1 Å². The van der Waals surface area contributed by atoms with Crippen LogP contribution in [0, 0.1) is 6.92 Å². The van der Waals surface area contributed by atoms with Crippen LogP contribution in [0.4, 0.5) is 0 Å². The van der Waals surface area contributed by atoms with Gasteiger partial charge in [-0.3, -0.25) is 9.88 Å². The van der Waals surface area contributed by atoms with Crippen LogP contribution in [0.5, 0.6) is 0 Å². The summed E-state index contributed by atoms with van der Waals surface area (Å²) in [5, 5.41) is 3.39. The first-order valence-corrected chi connectivity index (χ1v) is 8.52. The zero-order valence-corrected chi connectivity index (χ0v) is 13.2. The highest BCUT2D eigenvalue weighted by Crippen LogP contribution is 2.50. The molecule has 0 aliphatic carbocycles. The van der Waals surface area contributed by atoms with E-state index in [9.17, 15) is 14.4 Å². The molecule has 2 aromatic rings. The zero-order chi connectivity index (χ0) is 15.5. The molecule has 3 N–H and O–H groups in total. The minimum absolute atomic E-state index is 0.370. The Kier molecular flexibility index (Phi) is 5.20. The summed E-state index contributed by atoms with van der Waals surface area (Å²) in [5.74, 6) is -1.07. The van der Waals surface area contributed by atoms with E-state index in [4.69, 9.17) is 11.6 Å². The molecule has 21 heavy (non-hydrogen) atoms. The predicted octanol–water partition coefficient (Wildman–Crippen LogP) is 3.61. The van der Waals surface area contributed by atoms with Gasteiger partial charge in [0.05, 0.1) is 0 Å². The number of hydrogen-bond acceptors (Lipinski definition) is 2. The Morgan fingerprint density at radius 3 is 2.52 bits per heavy atom. The molecule has 0 radical (unpaired) electrons. The molecule has 0 aromatic heterocycles. The Morgan fingerprint density at radius 1 is 1.19 bits per heavy atom. The van der Waals surface area contributed by atoms with Crippen LogP contribution in [0.3, 0.4) is 0 Å². The lowest BCUT2D eigenvalue weighted by Crippen LogP contribution is -2.21. The molecule has 1 atom stereocenters. The molecule has 0 heterocycles. The van der Waals surface area contributed by atoms with Gasteiger partial charge in [0.15, 0.2) is 0 Å². The molecule has 0 aliphatic rings. The highest BCUT2D eigenvalue weighted by molar-refractivity contribution is 7.52. The molecule has 0 saturated carbocycles. The molecular weight excluding hydrogens is 309 g/mol. The SMILES string of the molecule is Cc1ccccc1CN[C@@H](c1cccc(Cl)c1)P(=O)(O)O. The van der Waals surface area contributed by atoms with Crippen molar-refractivity contribution < 1.29 is 14.4 Å². The third-order valence-corrected chi connectivity index (χ3v) is 4.64. The van der Waals surface area contributed by atoms with Crippen LogP contribution in [-0.4, -0.2) is 9.79 Å². The molecule has 0 fully saturated rings. The Morgan fingerprint density at radius 2 is 1.90 bits per heavy atom. The van der Waals surface area contributed by atoms with E-state index in [1.54, 1.807) is 24.3 Å². The summed E-state index contributed by atoms with van der Waals surface area (Å²) in [5.41, 5.74) is 2.54. The Balaban J connectivity index is 2.23. The molecule has 0 aliphatic heterocycles. The third kappa shape index (κ3) is 4.40. The smallest absolute Gasteiger partial charge is 0.323 e. The average Bonchev–Trinajstić information content (AvgIpc) is 2.39. The fourth-order valence-electron chi connectivity index (χ4n) is 2.12. The van der Waals surface area contributed by atoms with Gasteiger partial charge in [0, 0.05) is 11.6 Å². The van der Waals surface area contributed by atoms with E-state index in [0.717, 1.165) is 11.1 Å². The lowest BCUT2D eigenvalue weighted by molar-refractivity contribution is 0.347. The lowest BCUT2D eigenvalue weighted by atomic mass is 10.1. The quantitative estimate of drug-likeness (QED) is 0.734. The average molecular weight is 326 g/mol. The summed E-state index contributed by atoms with van der Waals surface area (Å²) in [4.78, 5) is 19.1. The molecule has 0 spiro atoms. The van der Waals surface area contributed by atoms with E-state index in [2.05, 4.69) is 5.32 Å². The maximum absolute atomic E-state index is 11.7. The van der Waals surface area contributed by atoms with Gasteiger partial charge in [-0.1, -0.05) is 48.0 Å². The van der Waals surface area contributed by atoms with Crippen molar-refractivity contribution in [2.75, 3.05) is 0 Å².